The van der Waals surface area contributed by atoms with Gasteiger partial charge in [0.1, 0.15) is 0 Å². The number of carbonyl (C=O) groups excluding carboxylic acids is 2. The third kappa shape index (κ3) is 4.98. The SMILES string of the molecule is CN(Cc1ccc(C#N)cc1)C(=O)c1ccc(C(=O)NC2CCCCC2)cc1. The van der Waals surface area contributed by atoms with E-state index in [0.29, 0.717) is 23.2 Å². The van der Waals surface area contributed by atoms with Crippen LogP contribution in [0.4, 0.5) is 0 Å². The molecule has 0 atom stereocenters. The molecule has 0 spiro atoms. The standard InChI is InChI=1S/C23H25N3O2/c1-26(16-18-9-7-17(15-24)8-10-18)23(28)20-13-11-19(12-14-20)22(27)25-21-5-3-2-4-6-21/h7-14,21H,2-6,16H2,1H3,(H,25,27). The molecule has 144 valence electrons. The van der Waals surface area contributed by atoms with Crippen LogP contribution >= 0.6 is 0 Å². The zero-order valence-corrected chi connectivity index (χ0v) is 16.1. The molecule has 0 radical (unpaired) electrons. The van der Waals surface area contributed by atoms with Gasteiger partial charge in [-0.05, 0) is 54.8 Å². The zero-order chi connectivity index (χ0) is 19.9. The van der Waals surface area contributed by atoms with Crippen LogP contribution < -0.4 is 5.32 Å². The molecular formula is C23H25N3O2. The topological polar surface area (TPSA) is 73.2 Å². The molecule has 1 aliphatic rings. The van der Waals surface area contributed by atoms with Crippen molar-refractivity contribution in [2.75, 3.05) is 7.05 Å². The lowest BCUT2D eigenvalue weighted by molar-refractivity contribution is 0.0784. The summed E-state index contributed by atoms with van der Waals surface area (Å²) in [6.45, 7) is 0.453. The van der Waals surface area contributed by atoms with E-state index >= 15 is 0 Å². The Labute approximate surface area is 166 Å². The fourth-order valence-corrected chi connectivity index (χ4v) is 3.53. The summed E-state index contributed by atoms with van der Waals surface area (Å²) in [5.74, 6) is -0.180. The predicted octanol–water partition coefficient (Wildman–Crippen LogP) is 3.89. The number of rotatable bonds is 5. The van der Waals surface area contributed by atoms with Crippen molar-refractivity contribution < 1.29 is 9.59 Å². The fourth-order valence-electron chi connectivity index (χ4n) is 3.53. The van der Waals surface area contributed by atoms with Crippen LogP contribution in [0.25, 0.3) is 0 Å². The first-order valence-corrected chi connectivity index (χ1v) is 9.72. The molecule has 0 unspecified atom stereocenters. The minimum Gasteiger partial charge on any atom is -0.349 e. The highest BCUT2D eigenvalue weighted by atomic mass is 16.2. The second-order valence-electron chi connectivity index (χ2n) is 7.36. The van der Waals surface area contributed by atoms with Gasteiger partial charge in [-0.2, -0.15) is 5.26 Å². The first-order chi connectivity index (χ1) is 13.6. The maximum absolute atomic E-state index is 12.6. The second kappa shape index (κ2) is 9.18. The highest BCUT2D eigenvalue weighted by Gasteiger charge is 2.17. The van der Waals surface area contributed by atoms with Crippen LogP contribution in [0.5, 0.6) is 0 Å². The molecule has 0 aromatic heterocycles. The van der Waals surface area contributed by atoms with Crippen LogP contribution in [0, 0.1) is 11.3 Å². The molecule has 5 heteroatoms. The zero-order valence-electron chi connectivity index (χ0n) is 16.1. The first kappa shape index (κ1) is 19.6. The Morgan fingerprint density at radius 2 is 1.61 bits per heavy atom. The summed E-state index contributed by atoms with van der Waals surface area (Å²) in [7, 11) is 1.74. The van der Waals surface area contributed by atoms with E-state index < -0.39 is 0 Å². The molecule has 0 heterocycles. The van der Waals surface area contributed by atoms with Crippen LogP contribution in [-0.2, 0) is 6.54 Å². The Morgan fingerprint density at radius 1 is 1.00 bits per heavy atom. The molecule has 2 aromatic carbocycles. The lowest BCUT2D eigenvalue weighted by atomic mass is 9.95. The van der Waals surface area contributed by atoms with Gasteiger partial charge in [0, 0.05) is 30.8 Å². The molecule has 1 N–H and O–H groups in total. The molecule has 2 aromatic rings. The average molecular weight is 375 g/mol. The van der Waals surface area contributed by atoms with Crippen molar-refractivity contribution in [2.45, 2.75) is 44.7 Å². The van der Waals surface area contributed by atoms with Crippen molar-refractivity contribution >= 4 is 11.8 Å². The van der Waals surface area contributed by atoms with Crippen molar-refractivity contribution in [1.82, 2.24) is 10.2 Å². The Hall–Kier alpha value is -3.13. The average Bonchev–Trinajstić information content (AvgIpc) is 2.74. The number of hydrogen-bond acceptors (Lipinski definition) is 3. The number of nitriles is 1. The maximum Gasteiger partial charge on any atom is 0.253 e. The number of nitrogens with one attached hydrogen (secondary N) is 1. The third-order valence-corrected chi connectivity index (χ3v) is 5.18. The molecule has 3 rings (SSSR count). The van der Waals surface area contributed by atoms with Gasteiger partial charge in [0.05, 0.1) is 11.6 Å². The Morgan fingerprint density at radius 3 is 2.21 bits per heavy atom. The summed E-state index contributed by atoms with van der Waals surface area (Å²) < 4.78 is 0. The van der Waals surface area contributed by atoms with Crippen LogP contribution in [0.15, 0.2) is 48.5 Å². The quantitative estimate of drug-likeness (QED) is 0.861. The van der Waals surface area contributed by atoms with Crippen LogP contribution in [0.3, 0.4) is 0 Å². The number of hydrogen-bond donors (Lipinski definition) is 1. The van der Waals surface area contributed by atoms with Crippen molar-refractivity contribution in [2.24, 2.45) is 0 Å². The second-order valence-corrected chi connectivity index (χ2v) is 7.36. The van der Waals surface area contributed by atoms with Gasteiger partial charge < -0.3 is 10.2 Å². The van der Waals surface area contributed by atoms with Crippen LogP contribution in [0.1, 0.15) is 63.9 Å². The molecular weight excluding hydrogens is 350 g/mol. The number of carbonyl (C=O) groups is 2. The van der Waals surface area contributed by atoms with Crippen LogP contribution in [-0.4, -0.2) is 29.8 Å². The lowest BCUT2D eigenvalue weighted by Gasteiger charge is -2.22. The van der Waals surface area contributed by atoms with Crippen molar-refractivity contribution in [3.8, 4) is 6.07 Å². The lowest BCUT2D eigenvalue weighted by Crippen LogP contribution is -2.36. The van der Waals surface area contributed by atoms with Crippen LogP contribution in [0.2, 0.25) is 0 Å². The summed E-state index contributed by atoms with van der Waals surface area (Å²) in [6.07, 6.45) is 5.68. The van der Waals surface area contributed by atoms with Crippen molar-refractivity contribution in [1.29, 1.82) is 5.26 Å². The van der Waals surface area contributed by atoms with E-state index in [1.54, 1.807) is 48.3 Å². The molecule has 0 aliphatic heterocycles. The summed E-state index contributed by atoms with van der Waals surface area (Å²) in [5, 5.41) is 11.9. The monoisotopic (exact) mass is 375 g/mol. The van der Waals surface area contributed by atoms with Gasteiger partial charge in [0.2, 0.25) is 0 Å². The Balaban J connectivity index is 1.59. The van der Waals surface area contributed by atoms with E-state index in [9.17, 15) is 9.59 Å². The smallest absolute Gasteiger partial charge is 0.253 e. The van der Waals surface area contributed by atoms with E-state index in [-0.39, 0.29) is 17.9 Å². The van der Waals surface area contributed by atoms with Gasteiger partial charge in [-0.1, -0.05) is 31.4 Å². The minimum atomic E-state index is -0.108. The summed E-state index contributed by atoms with van der Waals surface area (Å²) in [4.78, 5) is 26.7. The molecule has 1 aliphatic carbocycles. The number of amides is 2. The molecule has 0 bridgehead atoms. The highest BCUT2D eigenvalue weighted by molar-refractivity contribution is 5.97. The van der Waals surface area contributed by atoms with Gasteiger partial charge in [-0.15, -0.1) is 0 Å². The molecule has 5 nitrogen and oxygen atoms in total. The van der Waals surface area contributed by atoms with Gasteiger partial charge in [-0.3, -0.25) is 9.59 Å². The van der Waals surface area contributed by atoms with Gasteiger partial charge >= 0.3 is 0 Å². The third-order valence-electron chi connectivity index (χ3n) is 5.18. The van der Waals surface area contributed by atoms with E-state index in [0.717, 1.165) is 18.4 Å². The molecule has 2 amide bonds. The highest BCUT2D eigenvalue weighted by Crippen LogP contribution is 2.18. The number of nitrogens with zero attached hydrogens (tertiary/aromatic N) is 2. The summed E-state index contributed by atoms with van der Waals surface area (Å²) >= 11 is 0. The van der Waals surface area contributed by atoms with E-state index in [4.69, 9.17) is 5.26 Å². The Bertz CT molecular complexity index is 860. The summed E-state index contributed by atoms with van der Waals surface area (Å²) in [5.41, 5.74) is 2.68. The van der Waals surface area contributed by atoms with E-state index in [1.165, 1.54) is 19.3 Å². The molecule has 0 saturated heterocycles. The van der Waals surface area contributed by atoms with Gasteiger partial charge in [-0.25, -0.2) is 0 Å². The van der Waals surface area contributed by atoms with Gasteiger partial charge in [0.25, 0.3) is 11.8 Å². The molecule has 28 heavy (non-hydrogen) atoms. The molecule has 1 saturated carbocycles. The van der Waals surface area contributed by atoms with E-state index in [1.807, 2.05) is 12.1 Å². The van der Waals surface area contributed by atoms with Crippen molar-refractivity contribution in [3.05, 3.63) is 70.8 Å². The largest absolute Gasteiger partial charge is 0.349 e. The van der Waals surface area contributed by atoms with Gasteiger partial charge in [0.15, 0.2) is 0 Å². The van der Waals surface area contributed by atoms with Crippen molar-refractivity contribution in [3.63, 3.8) is 0 Å². The maximum atomic E-state index is 12.6. The van der Waals surface area contributed by atoms with E-state index in [2.05, 4.69) is 11.4 Å². The minimum absolute atomic E-state index is 0.0724. The molecule has 1 fully saturated rings. The predicted molar refractivity (Wildman–Crippen MR) is 108 cm³/mol. The number of benzene rings is 2. The normalized spacial score (nSPS) is 14.1. The first-order valence-electron chi connectivity index (χ1n) is 9.72. The Kier molecular flexibility index (Phi) is 6.44. The summed E-state index contributed by atoms with van der Waals surface area (Å²) in [6, 6.07) is 16.4. The fraction of sp³-hybridized carbons (Fsp3) is 0.348.